The molecule has 4 heteroatoms. The Morgan fingerprint density at radius 2 is 2.17 bits per heavy atom. The third-order valence-electron chi connectivity index (χ3n) is 3.29. The van der Waals surface area contributed by atoms with Crippen LogP contribution in [0.25, 0.3) is 11.3 Å². The maximum absolute atomic E-state index is 5.65. The molecule has 4 nitrogen and oxygen atoms in total. The van der Waals surface area contributed by atoms with Gasteiger partial charge in [0.2, 0.25) is 0 Å². The average Bonchev–Trinajstić information content (AvgIpc) is 2.83. The molecule has 0 spiro atoms. The first-order chi connectivity index (χ1) is 8.65. The van der Waals surface area contributed by atoms with Crippen LogP contribution in [0.3, 0.4) is 0 Å². The van der Waals surface area contributed by atoms with Crippen molar-refractivity contribution in [3.05, 3.63) is 29.8 Å². The van der Waals surface area contributed by atoms with Crippen LogP contribution in [-0.4, -0.2) is 17.3 Å². The Labute approximate surface area is 107 Å². The molecule has 1 aromatic carbocycles. The van der Waals surface area contributed by atoms with Gasteiger partial charge in [-0.2, -0.15) is 5.10 Å². The number of nitrogens with zero attached hydrogens (tertiary/aromatic N) is 1. The molecule has 0 saturated heterocycles. The lowest BCUT2D eigenvalue weighted by atomic mass is 9.95. The van der Waals surface area contributed by atoms with E-state index >= 15 is 0 Å². The second-order valence-electron chi connectivity index (χ2n) is 4.48. The molecule has 1 unspecified atom stereocenters. The SMILES string of the molecule is CCC(C)c1ccc(OC)c(-c2cc(N)n[nH]2)c1. The highest BCUT2D eigenvalue weighted by atomic mass is 16.5. The second kappa shape index (κ2) is 5.12. The number of H-pyrrole nitrogens is 1. The summed E-state index contributed by atoms with van der Waals surface area (Å²) in [5.41, 5.74) is 8.82. The summed E-state index contributed by atoms with van der Waals surface area (Å²) in [6.45, 7) is 4.40. The van der Waals surface area contributed by atoms with Gasteiger partial charge in [-0.05, 0) is 30.0 Å². The number of hydrogen-bond acceptors (Lipinski definition) is 3. The predicted molar refractivity (Wildman–Crippen MR) is 73.7 cm³/mol. The normalized spacial score (nSPS) is 12.4. The molecule has 0 radical (unpaired) electrons. The lowest BCUT2D eigenvalue weighted by Crippen LogP contribution is -1.95. The number of hydrogen-bond donors (Lipinski definition) is 2. The summed E-state index contributed by atoms with van der Waals surface area (Å²) in [6.07, 6.45) is 1.11. The first-order valence-electron chi connectivity index (χ1n) is 6.15. The van der Waals surface area contributed by atoms with Gasteiger partial charge in [-0.25, -0.2) is 0 Å². The largest absolute Gasteiger partial charge is 0.496 e. The van der Waals surface area contributed by atoms with Gasteiger partial charge in [0, 0.05) is 11.6 Å². The average molecular weight is 245 g/mol. The molecular weight excluding hydrogens is 226 g/mol. The summed E-state index contributed by atoms with van der Waals surface area (Å²) in [5.74, 6) is 1.83. The molecule has 0 amide bonds. The van der Waals surface area contributed by atoms with Crippen LogP contribution in [0.15, 0.2) is 24.3 Å². The van der Waals surface area contributed by atoms with Crippen molar-refractivity contribution < 1.29 is 4.74 Å². The number of methoxy groups -OCH3 is 1. The number of aromatic nitrogens is 2. The summed E-state index contributed by atoms with van der Waals surface area (Å²) in [4.78, 5) is 0. The van der Waals surface area contributed by atoms with Crippen LogP contribution in [-0.2, 0) is 0 Å². The van der Waals surface area contributed by atoms with E-state index in [2.05, 4.69) is 36.2 Å². The van der Waals surface area contributed by atoms with Gasteiger partial charge in [0.1, 0.15) is 11.6 Å². The van der Waals surface area contributed by atoms with Gasteiger partial charge in [0.15, 0.2) is 0 Å². The molecule has 1 atom stereocenters. The van der Waals surface area contributed by atoms with Crippen LogP contribution >= 0.6 is 0 Å². The lowest BCUT2D eigenvalue weighted by Gasteiger charge is -2.13. The minimum Gasteiger partial charge on any atom is -0.496 e. The first kappa shape index (κ1) is 12.5. The van der Waals surface area contributed by atoms with E-state index in [1.165, 1.54) is 5.56 Å². The Bertz CT molecular complexity index is 534. The van der Waals surface area contributed by atoms with Crippen molar-refractivity contribution in [3.8, 4) is 17.0 Å². The molecule has 2 aromatic rings. The fraction of sp³-hybridized carbons (Fsp3) is 0.357. The quantitative estimate of drug-likeness (QED) is 0.869. The number of nitrogen functional groups attached to an aromatic ring is 1. The minimum absolute atomic E-state index is 0.487. The minimum atomic E-state index is 0.487. The monoisotopic (exact) mass is 245 g/mol. The summed E-state index contributed by atoms with van der Waals surface area (Å²) in [5, 5.41) is 6.89. The van der Waals surface area contributed by atoms with Gasteiger partial charge >= 0.3 is 0 Å². The molecule has 2 rings (SSSR count). The third-order valence-corrected chi connectivity index (χ3v) is 3.29. The van der Waals surface area contributed by atoms with Crippen molar-refractivity contribution in [2.24, 2.45) is 0 Å². The Balaban J connectivity index is 2.49. The molecule has 1 aromatic heterocycles. The highest BCUT2D eigenvalue weighted by Crippen LogP contribution is 2.33. The smallest absolute Gasteiger partial charge is 0.145 e. The van der Waals surface area contributed by atoms with Gasteiger partial charge < -0.3 is 10.5 Å². The summed E-state index contributed by atoms with van der Waals surface area (Å²) < 4.78 is 5.39. The van der Waals surface area contributed by atoms with Crippen molar-refractivity contribution in [1.29, 1.82) is 0 Å². The summed E-state index contributed by atoms with van der Waals surface area (Å²) >= 11 is 0. The number of benzene rings is 1. The molecule has 0 saturated carbocycles. The maximum Gasteiger partial charge on any atom is 0.145 e. The Hall–Kier alpha value is -1.97. The molecule has 0 aliphatic carbocycles. The molecule has 3 N–H and O–H groups in total. The zero-order chi connectivity index (χ0) is 13.1. The first-order valence-corrected chi connectivity index (χ1v) is 6.15. The Kier molecular flexibility index (Phi) is 3.55. The van der Waals surface area contributed by atoms with Crippen molar-refractivity contribution >= 4 is 5.82 Å². The standard InChI is InChI=1S/C14H19N3O/c1-4-9(2)10-5-6-13(18-3)11(7-10)12-8-14(15)17-16-12/h5-9H,4H2,1-3H3,(H3,15,16,17). The van der Waals surface area contributed by atoms with E-state index < -0.39 is 0 Å². The summed E-state index contributed by atoms with van der Waals surface area (Å²) in [7, 11) is 1.67. The summed E-state index contributed by atoms with van der Waals surface area (Å²) in [6, 6.07) is 8.06. The molecule has 0 aliphatic rings. The van der Waals surface area contributed by atoms with Crippen LogP contribution in [0, 0.1) is 0 Å². The van der Waals surface area contributed by atoms with E-state index in [-0.39, 0.29) is 0 Å². The Morgan fingerprint density at radius 1 is 1.39 bits per heavy atom. The van der Waals surface area contributed by atoms with Crippen LogP contribution in [0.4, 0.5) is 5.82 Å². The van der Waals surface area contributed by atoms with Crippen LogP contribution in [0.5, 0.6) is 5.75 Å². The molecule has 18 heavy (non-hydrogen) atoms. The maximum atomic E-state index is 5.65. The molecular formula is C14H19N3O. The third kappa shape index (κ3) is 2.32. The second-order valence-corrected chi connectivity index (χ2v) is 4.48. The van der Waals surface area contributed by atoms with E-state index in [9.17, 15) is 0 Å². The van der Waals surface area contributed by atoms with E-state index in [0.717, 1.165) is 23.4 Å². The molecule has 96 valence electrons. The van der Waals surface area contributed by atoms with Crippen molar-refractivity contribution in [3.63, 3.8) is 0 Å². The zero-order valence-electron chi connectivity index (χ0n) is 11.0. The number of nitrogens with two attached hydrogens (primary N) is 1. The fourth-order valence-electron chi connectivity index (χ4n) is 1.95. The molecule has 0 aliphatic heterocycles. The lowest BCUT2D eigenvalue weighted by molar-refractivity contribution is 0.416. The highest BCUT2D eigenvalue weighted by Gasteiger charge is 2.12. The van der Waals surface area contributed by atoms with Crippen LogP contribution in [0.1, 0.15) is 31.7 Å². The van der Waals surface area contributed by atoms with Crippen molar-refractivity contribution in [2.75, 3.05) is 12.8 Å². The molecule has 0 bridgehead atoms. The van der Waals surface area contributed by atoms with Crippen molar-refractivity contribution in [2.45, 2.75) is 26.2 Å². The van der Waals surface area contributed by atoms with Crippen LogP contribution in [0.2, 0.25) is 0 Å². The number of aromatic amines is 1. The number of anilines is 1. The Morgan fingerprint density at radius 3 is 2.72 bits per heavy atom. The van der Waals surface area contributed by atoms with Gasteiger partial charge in [-0.15, -0.1) is 0 Å². The topological polar surface area (TPSA) is 63.9 Å². The molecule has 0 fully saturated rings. The van der Waals surface area contributed by atoms with E-state index in [1.807, 2.05) is 12.1 Å². The number of rotatable bonds is 4. The van der Waals surface area contributed by atoms with Gasteiger partial charge in [-0.3, -0.25) is 5.10 Å². The fourth-order valence-corrected chi connectivity index (χ4v) is 1.95. The van der Waals surface area contributed by atoms with Gasteiger partial charge in [0.25, 0.3) is 0 Å². The zero-order valence-corrected chi connectivity index (χ0v) is 11.0. The number of ether oxygens (including phenoxy) is 1. The van der Waals surface area contributed by atoms with E-state index in [1.54, 1.807) is 7.11 Å². The molecule has 1 heterocycles. The van der Waals surface area contributed by atoms with Gasteiger partial charge in [-0.1, -0.05) is 19.9 Å². The van der Waals surface area contributed by atoms with Crippen molar-refractivity contribution in [1.82, 2.24) is 10.2 Å². The van der Waals surface area contributed by atoms with Crippen LogP contribution < -0.4 is 10.5 Å². The van der Waals surface area contributed by atoms with Gasteiger partial charge in [0.05, 0.1) is 12.8 Å². The number of nitrogens with one attached hydrogen (secondary N) is 1. The highest BCUT2D eigenvalue weighted by molar-refractivity contribution is 5.70. The van der Waals surface area contributed by atoms with E-state index in [0.29, 0.717) is 11.7 Å². The predicted octanol–water partition coefficient (Wildman–Crippen LogP) is 3.18. The van der Waals surface area contributed by atoms with E-state index in [4.69, 9.17) is 10.5 Å².